The van der Waals surface area contributed by atoms with Crippen molar-refractivity contribution in [2.75, 3.05) is 31.1 Å². The van der Waals surface area contributed by atoms with Crippen LogP contribution in [0.15, 0.2) is 54.1 Å². The number of aromatic nitrogens is 2. The first-order valence-electron chi connectivity index (χ1n) is 20.3. The normalized spacial score (nSPS) is 23.8. The lowest BCUT2D eigenvalue weighted by Crippen LogP contribution is -2.64. The number of rotatable bonds is 11. The first-order valence-corrected chi connectivity index (χ1v) is 20.7. The van der Waals surface area contributed by atoms with Gasteiger partial charge in [0.15, 0.2) is 0 Å². The van der Waals surface area contributed by atoms with Crippen molar-refractivity contribution in [3.05, 3.63) is 76.6 Å². The molecule has 5 atom stereocenters. The second-order valence-electron chi connectivity index (χ2n) is 15.2. The van der Waals surface area contributed by atoms with E-state index in [0.717, 1.165) is 93.0 Å². The van der Waals surface area contributed by atoms with Crippen LogP contribution in [0.3, 0.4) is 0 Å². The smallest absolute Gasteiger partial charge is 0.124 e. The first-order chi connectivity index (χ1) is 25.1. The number of hydrogen-bond acceptors (Lipinski definition) is 5. The molecule has 7 rings (SSSR count). The van der Waals surface area contributed by atoms with Gasteiger partial charge >= 0.3 is 0 Å². The summed E-state index contributed by atoms with van der Waals surface area (Å²) in [7, 11) is 0. The maximum absolute atomic E-state index is 6.81. The molecule has 4 aliphatic rings. The predicted octanol–water partition coefficient (Wildman–Crippen LogP) is 11.2. The zero-order chi connectivity index (χ0) is 38.0. The van der Waals surface area contributed by atoms with E-state index in [4.69, 9.17) is 21.3 Å². The number of fused-ring (bicyclic) bond motifs is 3. The van der Waals surface area contributed by atoms with Crippen molar-refractivity contribution in [2.45, 2.75) is 139 Å². The Bertz CT molecular complexity index is 1660. The minimum absolute atomic E-state index is 0.246. The Labute approximate surface area is 321 Å². The molecule has 2 aromatic carbocycles. The predicted molar refractivity (Wildman–Crippen MR) is 226 cm³/mol. The average molecular weight is 731 g/mol. The van der Waals surface area contributed by atoms with Crippen LogP contribution in [-0.2, 0) is 30.7 Å². The van der Waals surface area contributed by atoms with E-state index in [-0.39, 0.29) is 11.5 Å². The van der Waals surface area contributed by atoms with Crippen LogP contribution in [0.5, 0.6) is 0 Å². The summed E-state index contributed by atoms with van der Waals surface area (Å²) in [4.78, 5) is 14.7. The molecule has 3 aromatic rings. The highest BCUT2D eigenvalue weighted by Gasteiger charge is 2.45. The molecule has 3 heterocycles. The number of piperazine rings is 1. The molecule has 2 aliphatic carbocycles. The molecule has 52 heavy (non-hydrogen) atoms. The molecule has 7 heteroatoms. The molecular weight excluding hydrogens is 662 g/mol. The van der Waals surface area contributed by atoms with E-state index in [1.807, 2.05) is 40.7 Å². The van der Waals surface area contributed by atoms with Gasteiger partial charge in [0.1, 0.15) is 11.3 Å². The summed E-state index contributed by atoms with van der Waals surface area (Å²) in [6, 6.07) is 12.4. The average Bonchev–Trinajstić information content (AvgIpc) is 3.62. The van der Waals surface area contributed by atoms with Gasteiger partial charge in [0.2, 0.25) is 0 Å². The molecule has 286 valence electrons. The number of hydrogen-bond donors (Lipinski definition) is 0. The zero-order valence-corrected chi connectivity index (χ0v) is 34.7. The van der Waals surface area contributed by atoms with Gasteiger partial charge in [-0.3, -0.25) is 4.90 Å². The van der Waals surface area contributed by atoms with E-state index in [1.165, 1.54) is 24.9 Å². The van der Waals surface area contributed by atoms with Crippen molar-refractivity contribution in [3.63, 3.8) is 0 Å². The second-order valence-corrected chi connectivity index (χ2v) is 15.6. The number of benzene rings is 2. The van der Waals surface area contributed by atoms with E-state index in [1.54, 1.807) is 11.1 Å². The molecule has 2 aliphatic heterocycles. The number of ether oxygens (including phenoxy) is 1. The van der Waals surface area contributed by atoms with Crippen LogP contribution in [0, 0.1) is 11.3 Å². The largest absolute Gasteiger partial charge is 0.376 e. The number of anilines is 1. The lowest BCUT2D eigenvalue weighted by Gasteiger charge is -2.55. The standard InChI is InChI=1S/C38H48ClN5O.C3H8.2C2H6/c1-25(2)28-18-31(39)37-35(19-28)44(23-29-13-17-45-29)36(41-37)24-42-15-16-43(34-12-11-33(34)42)32-10-6-9-27-20-38(4,21-30(27)32)14-7-8-26(3)22-40-5;1-3-2;2*1-2/h6-10,18-19,26,29,33-34H,1,5,11-17,20-24H2,2-4H3;3H2,1-2H3;2*1-2H3/b8-7-;;;. The Balaban J connectivity index is 0.000000810. The molecule has 5 unspecified atom stereocenters. The van der Waals surface area contributed by atoms with Gasteiger partial charge in [-0.25, -0.2) is 4.98 Å². The van der Waals surface area contributed by atoms with Gasteiger partial charge in [0.05, 0.1) is 29.7 Å². The highest BCUT2D eigenvalue weighted by molar-refractivity contribution is 6.35. The van der Waals surface area contributed by atoms with E-state index in [2.05, 4.69) is 96.8 Å². The van der Waals surface area contributed by atoms with E-state index >= 15 is 0 Å². The summed E-state index contributed by atoms with van der Waals surface area (Å²) in [6.45, 7) is 32.2. The Morgan fingerprint density at radius 1 is 1.10 bits per heavy atom. The number of allylic oxidation sites excluding steroid dienone is 2. The molecule has 3 fully saturated rings. The fourth-order valence-electron chi connectivity index (χ4n) is 8.13. The van der Waals surface area contributed by atoms with Crippen LogP contribution >= 0.6 is 11.6 Å². The van der Waals surface area contributed by atoms with E-state index < -0.39 is 0 Å². The van der Waals surface area contributed by atoms with Gasteiger partial charge in [-0.1, -0.05) is 110 Å². The molecule has 0 radical (unpaired) electrons. The van der Waals surface area contributed by atoms with Crippen molar-refractivity contribution < 1.29 is 4.74 Å². The van der Waals surface area contributed by atoms with Crippen molar-refractivity contribution >= 4 is 40.6 Å². The minimum atomic E-state index is 0.246. The summed E-state index contributed by atoms with van der Waals surface area (Å²) in [5.74, 6) is 1.55. The Kier molecular flexibility index (Phi) is 15.6. The van der Waals surface area contributed by atoms with Gasteiger partial charge in [0, 0.05) is 44.0 Å². The Morgan fingerprint density at radius 2 is 1.81 bits per heavy atom. The van der Waals surface area contributed by atoms with E-state index in [9.17, 15) is 0 Å². The molecule has 1 saturated carbocycles. The highest BCUT2D eigenvalue weighted by Crippen LogP contribution is 2.46. The van der Waals surface area contributed by atoms with Crippen LogP contribution in [0.1, 0.15) is 117 Å². The fraction of sp³-hybridized carbons (Fsp3) is 0.600. The third-order valence-electron chi connectivity index (χ3n) is 10.9. The summed E-state index contributed by atoms with van der Waals surface area (Å²) in [5, 5.41) is 0.704. The van der Waals surface area contributed by atoms with Crippen molar-refractivity contribution in [1.29, 1.82) is 0 Å². The lowest BCUT2D eigenvalue weighted by atomic mass is 9.80. The first kappa shape index (κ1) is 41.8. The van der Waals surface area contributed by atoms with Gasteiger partial charge in [-0.2, -0.15) is 0 Å². The molecule has 1 aromatic heterocycles. The van der Waals surface area contributed by atoms with Crippen molar-refractivity contribution in [2.24, 2.45) is 16.3 Å². The maximum atomic E-state index is 6.81. The van der Waals surface area contributed by atoms with Gasteiger partial charge in [0.25, 0.3) is 0 Å². The summed E-state index contributed by atoms with van der Waals surface area (Å²) in [6.07, 6.45) is 13.2. The Hall–Kier alpha value is -2.93. The number of imidazole rings is 1. The monoisotopic (exact) mass is 730 g/mol. The quantitative estimate of drug-likeness (QED) is 0.146. The van der Waals surface area contributed by atoms with Crippen molar-refractivity contribution in [1.82, 2.24) is 14.5 Å². The van der Waals surface area contributed by atoms with Crippen LogP contribution in [0.4, 0.5) is 5.69 Å². The number of halogens is 1. The minimum Gasteiger partial charge on any atom is -0.376 e. The van der Waals surface area contributed by atoms with Crippen molar-refractivity contribution in [3.8, 4) is 0 Å². The molecule has 0 bridgehead atoms. The van der Waals surface area contributed by atoms with Gasteiger partial charge in [-0.05, 0) is 98.4 Å². The van der Waals surface area contributed by atoms with Crippen LogP contribution in [0.25, 0.3) is 16.6 Å². The van der Waals surface area contributed by atoms with Crippen LogP contribution in [0.2, 0.25) is 5.02 Å². The summed E-state index contributed by atoms with van der Waals surface area (Å²) >= 11 is 6.81. The molecule has 0 spiro atoms. The molecule has 2 saturated heterocycles. The number of aliphatic imine (C=N–C) groups is 1. The Morgan fingerprint density at radius 3 is 2.42 bits per heavy atom. The third kappa shape index (κ3) is 9.40. The maximum Gasteiger partial charge on any atom is 0.124 e. The van der Waals surface area contributed by atoms with E-state index in [0.29, 0.717) is 23.0 Å². The second kappa shape index (κ2) is 19.4. The molecular formula is C45H68ClN5O. The van der Waals surface area contributed by atoms with Gasteiger partial charge in [-0.15, -0.1) is 0 Å². The SMILES string of the molecule is C=NCC(C)/C=C\CC1(C)Cc2cccc(N3CCN(Cc4nc5c(Cl)cc(C(=C)C)cc5n4CC4CCO4)C4CCC43)c2C1.CC.CC.CCC. The molecule has 0 amide bonds. The fourth-order valence-corrected chi connectivity index (χ4v) is 8.39. The molecule has 0 N–H and O–H groups in total. The highest BCUT2D eigenvalue weighted by atomic mass is 35.5. The molecule has 6 nitrogen and oxygen atoms in total. The summed E-state index contributed by atoms with van der Waals surface area (Å²) in [5.41, 5.74) is 8.95. The van der Waals surface area contributed by atoms with Crippen LogP contribution < -0.4 is 4.90 Å². The topological polar surface area (TPSA) is 45.9 Å². The summed E-state index contributed by atoms with van der Waals surface area (Å²) < 4.78 is 8.26. The van der Waals surface area contributed by atoms with Crippen LogP contribution in [-0.4, -0.2) is 65.6 Å². The zero-order valence-electron chi connectivity index (χ0n) is 34.0. The number of nitrogens with zero attached hydrogens (tertiary/aromatic N) is 5. The lowest BCUT2D eigenvalue weighted by molar-refractivity contribution is -0.0594. The third-order valence-corrected chi connectivity index (χ3v) is 11.2. The van der Waals surface area contributed by atoms with Gasteiger partial charge < -0.3 is 19.2 Å².